The number of allylic oxidation sites excluding steroid dienone is 1. The number of nitrogens with zero attached hydrogens (tertiary/aromatic N) is 2. The van der Waals surface area contributed by atoms with Gasteiger partial charge in [-0.15, -0.1) is 6.58 Å². The van der Waals surface area contributed by atoms with E-state index in [9.17, 15) is 31.6 Å². The van der Waals surface area contributed by atoms with Crippen molar-refractivity contribution in [2.75, 3.05) is 13.2 Å². The molecule has 2 bridgehead atoms. The molecule has 15 heteroatoms. The molecular formula is C51H67F2N3O9S. The number of Topliss-reactive ketones (excluding diaryl/α,β-unsaturated/α-hetero) is 1. The first-order valence-electron chi connectivity index (χ1n) is 24.9. The largest absolute Gasteiger partial charge is 0.492 e. The zero-order valence-electron chi connectivity index (χ0n) is 38.4. The van der Waals surface area contributed by atoms with Gasteiger partial charge >= 0.3 is 5.97 Å². The number of carbonyl (C=O) groups is 4. The highest BCUT2D eigenvalue weighted by Gasteiger charge is 2.62. The Hall–Kier alpha value is -4.14. The number of nitrogens with one attached hydrogen (secondary N) is 1. The van der Waals surface area contributed by atoms with Gasteiger partial charge in [0.15, 0.2) is 5.78 Å². The van der Waals surface area contributed by atoms with Gasteiger partial charge in [0.25, 0.3) is 0 Å². The van der Waals surface area contributed by atoms with E-state index in [2.05, 4.69) is 11.3 Å². The van der Waals surface area contributed by atoms with Crippen molar-refractivity contribution >= 4 is 44.5 Å². The molecule has 2 aromatic rings. The van der Waals surface area contributed by atoms with Crippen LogP contribution in [0.5, 0.6) is 11.6 Å². The molecule has 1 N–H and O–H groups in total. The van der Waals surface area contributed by atoms with Gasteiger partial charge in [0.2, 0.25) is 33.6 Å². The van der Waals surface area contributed by atoms with Gasteiger partial charge in [-0.2, -0.15) is 0 Å². The number of ether oxygens (including phenoxy) is 3. The number of pyridine rings is 1. The molecule has 7 atom stereocenters. The molecule has 0 radical (unpaired) electrons. The first-order chi connectivity index (χ1) is 31.6. The van der Waals surface area contributed by atoms with Gasteiger partial charge in [0.05, 0.1) is 52.8 Å². The summed E-state index contributed by atoms with van der Waals surface area (Å²) in [6.07, 6.45) is 13.2. The molecule has 3 heterocycles. The quantitative estimate of drug-likeness (QED) is 0.110. The monoisotopic (exact) mass is 935 g/mol. The molecule has 66 heavy (non-hydrogen) atoms. The summed E-state index contributed by atoms with van der Waals surface area (Å²) in [5.41, 5.74) is 0.131. The van der Waals surface area contributed by atoms with E-state index in [-0.39, 0.29) is 80.6 Å². The Kier molecular flexibility index (Phi) is 13.3. The molecule has 6 fully saturated rings. The van der Waals surface area contributed by atoms with Gasteiger partial charge in [-0.1, -0.05) is 50.3 Å². The summed E-state index contributed by atoms with van der Waals surface area (Å²) in [5, 5.41) is 0.831. The predicted molar refractivity (Wildman–Crippen MR) is 243 cm³/mol. The van der Waals surface area contributed by atoms with Crippen LogP contribution in [-0.2, 0) is 40.4 Å². The van der Waals surface area contributed by atoms with Gasteiger partial charge in [-0.3, -0.25) is 23.9 Å². The van der Waals surface area contributed by atoms with Crippen LogP contribution in [0.15, 0.2) is 36.9 Å². The second-order valence-corrected chi connectivity index (χ2v) is 23.5. The van der Waals surface area contributed by atoms with Gasteiger partial charge in [-0.05, 0) is 120 Å². The van der Waals surface area contributed by atoms with Gasteiger partial charge in [0.1, 0.15) is 18.0 Å². The Balaban J connectivity index is 1.02. The summed E-state index contributed by atoms with van der Waals surface area (Å²) in [6.45, 7) is 5.92. The molecular weight excluding hydrogens is 869 g/mol. The number of unbranched alkanes of at least 4 members (excludes halogenated alkanes) is 1. The molecule has 5 saturated carbocycles. The number of esters is 1. The third kappa shape index (κ3) is 10.0. The van der Waals surface area contributed by atoms with Crippen LogP contribution >= 0.6 is 0 Å². The topological polar surface area (TPSA) is 158 Å². The zero-order chi connectivity index (χ0) is 46.4. The SMILES string of the molecule is C=C[C@@H]1CC1(CC(=O)[C@@H]1C[C@@H]2CN1C(=O)[C@H](C1CCCCC1)CC(=O)O[C@@H]1C[C@H]1CCCCCc1c(nc3ccccc3c1OCCCCC1CC(F)(F)C1)O2)C(=O)NS(=O)(=O)C1(C)CC1. The normalized spacial score (nSPS) is 31.2. The summed E-state index contributed by atoms with van der Waals surface area (Å²) >= 11 is 0. The highest BCUT2D eigenvalue weighted by atomic mass is 32.2. The first kappa shape index (κ1) is 46.9. The number of sulfonamides is 1. The van der Waals surface area contributed by atoms with Crippen LogP contribution < -0.4 is 14.2 Å². The maximum atomic E-state index is 15.2. The molecule has 9 rings (SSSR count). The number of halogens is 2. The second kappa shape index (κ2) is 18.7. The van der Waals surface area contributed by atoms with Crippen molar-refractivity contribution < 1.29 is 50.6 Å². The number of ketones is 1. The van der Waals surface area contributed by atoms with Crippen molar-refractivity contribution in [3.8, 4) is 11.6 Å². The van der Waals surface area contributed by atoms with E-state index in [1.54, 1.807) is 17.9 Å². The third-order valence-electron chi connectivity index (χ3n) is 16.3. The zero-order valence-corrected chi connectivity index (χ0v) is 39.2. The minimum Gasteiger partial charge on any atom is -0.492 e. The number of fused-ring (bicyclic) bond motifs is 5. The first-order valence-corrected chi connectivity index (χ1v) is 26.4. The molecule has 1 aromatic carbocycles. The average molecular weight is 936 g/mol. The van der Waals surface area contributed by atoms with E-state index < -0.39 is 62.0 Å². The molecule has 360 valence electrons. The molecule has 1 saturated heterocycles. The van der Waals surface area contributed by atoms with E-state index in [0.29, 0.717) is 49.4 Å². The second-order valence-electron chi connectivity index (χ2n) is 21.3. The van der Waals surface area contributed by atoms with Crippen LogP contribution in [0.25, 0.3) is 10.9 Å². The fourth-order valence-electron chi connectivity index (χ4n) is 11.5. The smallest absolute Gasteiger partial charge is 0.306 e. The Bertz CT molecular complexity index is 2310. The van der Waals surface area contributed by atoms with E-state index in [1.165, 1.54) is 0 Å². The minimum absolute atomic E-state index is 0.0400. The van der Waals surface area contributed by atoms with Gasteiger partial charge < -0.3 is 19.1 Å². The number of benzene rings is 1. The lowest BCUT2D eigenvalue weighted by Crippen LogP contribution is -2.48. The summed E-state index contributed by atoms with van der Waals surface area (Å²) in [4.78, 5) is 64.4. The Morgan fingerprint density at radius 3 is 2.41 bits per heavy atom. The Labute approximate surface area is 387 Å². The molecule has 5 aliphatic carbocycles. The van der Waals surface area contributed by atoms with E-state index >= 15 is 4.79 Å². The van der Waals surface area contributed by atoms with Crippen LogP contribution in [0, 0.1) is 35.0 Å². The van der Waals surface area contributed by atoms with Crippen LogP contribution in [0.2, 0.25) is 0 Å². The molecule has 1 unspecified atom stereocenters. The summed E-state index contributed by atoms with van der Waals surface area (Å²) in [6, 6.07) is 6.68. The van der Waals surface area contributed by atoms with E-state index in [0.717, 1.165) is 88.0 Å². The standard InChI is InChI=1S/C51H67F2N3O9S/c1-3-35-29-50(35,48(60)55-66(61,62)49(2)21-22-49)30-42(57)41-25-36-31-56(41)47(59)39(33-15-6-4-7-16-33)26-44(58)65-43-24-34(43)17-8-5-9-19-38-45(37-18-10-11-20-40(37)54-46(38)64-36)63-23-13-12-14-32-27-51(52,53)28-32/h3,10-11,18,20,32-36,39,41,43H,1,4-9,12-17,19,21-31H2,2H3,(H,55,60)/t34-,35-,36-,39+,41+,43-,50?/m1/s1. The Morgan fingerprint density at radius 2 is 1.70 bits per heavy atom. The van der Waals surface area contributed by atoms with Crippen molar-refractivity contribution in [2.45, 2.75) is 177 Å². The summed E-state index contributed by atoms with van der Waals surface area (Å²) in [5.74, 6) is -4.19. The molecule has 0 spiro atoms. The fourth-order valence-corrected chi connectivity index (χ4v) is 12.9. The number of para-hydroxylation sites is 1. The number of amides is 2. The highest BCUT2D eigenvalue weighted by molar-refractivity contribution is 7.91. The maximum absolute atomic E-state index is 15.2. The number of hydrogen-bond donors (Lipinski definition) is 1. The molecule has 2 amide bonds. The Morgan fingerprint density at radius 1 is 0.970 bits per heavy atom. The third-order valence-corrected chi connectivity index (χ3v) is 18.4. The number of hydrogen-bond acceptors (Lipinski definition) is 10. The van der Waals surface area contributed by atoms with Crippen molar-refractivity contribution in [3.05, 3.63) is 42.5 Å². The summed E-state index contributed by atoms with van der Waals surface area (Å²) < 4.78 is 74.4. The molecule has 2 aliphatic heterocycles. The van der Waals surface area contributed by atoms with Crippen molar-refractivity contribution in [1.29, 1.82) is 0 Å². The van der Waals surface area contributed by atoms with Crippen molar-refractivity contribution in [2.24, 2.45) is 35.0 Å². The minimum atomic E-state index is -3.98. The predicted octanol–water partition coefficient (Wildman–Crippen LogP) is 8.96. The van der Waals surface area contributed by atoms with Crippen LogP contribution in [0.1, 0.15) is 147 Å². The van der Waals surface area contributed by atoms with Crippen LogP contribution in [-0.4, -0.2) is 83.9 Å². The lowest BCUT2D eigenvalue weighted by atomic mass is 9.77. The van der Waals surface area contributed by atoms with Crippen LogP contribution in [0.3, 0.4) is 0 Å². The highest BCUT2D eigenvalue weighted by Crippen LogP contribution is 2.57. The number of alkyl halides is 2. The summed E-state index contributed by atoms with van der Waals surface area (Å²) in [7, 11) is -3.98. The lowest BCUT2D eigenvalue weighted by Gasteiger charge is -2.34. The number of rotatable bonds is 14. The van der Waals surface area contributed by atoms with Gasteiger partial charge in [-0.25, -0.2) is 22.2 Å². The molecule has 12 nitrogen and oxygen atoms in total. The fraction of sp³-hybridized carbons (Fsp3) is 0.706. The lowest BCUT2D eigenvalue weighted by molar-refractivity contribution is -0.153. The van der Waals surface area contributed by atoms with Crippen LogP contribution in [0.4, 0.5) is 8.78 Å². The maximum Gasteiger partial charge on any atom is 0.306 e. The van der Waals surface area contributed by atoms with E-state index in [1.807, 2.05) is 24.3 Å². The number of aromatic nitrogens is 1. The van der Waals surface area contributed by atoms with Crippen molar-refractivity contribution in [1.82, 2.24) is 14.6 Å². The average Bonchev–Trinajstić information content (AvgIpc) is 4.24. The van der Waals surface area contributed by atoms with Crippen molar-refractivity contribution in [3.63, 3.8) is 0 Å². The molecule has 7 aliphatic rings. The van der Waals surface area contributed by atoms with E-state index in [4.69, 9.17) is 19.2 Å². The number of carbonyl (C=O) groups excluding carboxylic acids is 4. The van der Waals surface area contributed by atoms with Gasteiger partial charge in [0, 0.05) is 31.1 Å². The molecule has 1 aromatic heterocycles.